The average molecular weight is 360 g/mol. The van der Waals surface area contributed by atoms with Crippen molar-refractivity contribution in [3.8, 4) is 0 Å². The Balaban J connectivity index is 1.87. The van der Waals surface area contributed by atoms with E-state index in [4.69, 9.17) is 5.11 Å². The van der Waals surface area contributed by atoms with Crippen LogP contribution >= 0.6 is 15.9 Å². The lowest BCUT2D eigenvalue weighted by Crippen LogP contribution is -2.23. The van der Waals surface area contributed by atoms with Crippen LogP contribution < -0.4 is 4.90 Å². The molecule has 0 spiro atoms. The van der Waals surface area contributed by atoms with Crippen molar-refractivity contribution in [2.75, 3.05) is 4.90 Å². The molecule has 0 aliphatic carbocycles. The molecule has 1 unspecified atom stereocenters. The predicted octanol–water partition coefficient (Wildman–Crippen LogP) is 3.80. The monoisotopic (exact) mass is 359 g/mol. The first-order chi connectivity index (χ1) is 10.5. The molecule has 1 amide bonds. The molecule has 0 saturated carbocycles. The Hall–Kier alpha value is -2.14. The lowest BCUT2D eigenvalue weighted by atomic mass is 10.0. The minimum atomic E-state index is -0.859. The Kier molecular flexibility index (Phi) is 3.74. The van der Waals surface area contributed by atoms with E-state index in [1.165, 1.54) is 0 Å². The summed E-state index contributed by atoms with van der Waals surface area (Å²) < 4.78 is 0.882. The highest BCUT2D eigenvalue weighted by Gasteiger charge is 2.28. The maximum absolute atomic E-state index is 12.5. The first kappa shape index (κ1) is 14.8. The molecule has 0 bridgehead atoms. The number of hydrogen-bond donors (Lipinski definition) is 1. The molecular weight excluding hydrogens is 346 g/mol. The standard InChI is InChI=1S/C17H14BrNO3/c1-10(17(21)22)11-3-6-14(7-4-11)19-9-12-2-5-13(18)8-15(12)16(19)20/h2-8,10H,9H2,1H3,(H,21,22). The van der Waals surface area contributed by atoms with Gasteiger partial charge in [-0.2, -0.15) is 0 Å². The molecule has 1 N–H and O–H groups in total. The van der Waals surface area contributed by atoms with Gasteiger partial charge in [0.1, 0.15) is 0 Å². The third kappa shape index (κ3) is 2.52. The minimum absolute atomic E-state index is 0.0321. The van der Waals surface area contributed by atoms with Gasteiger partial charge in [-0.3, -0.25) is 9.59 Å². The van der Waals surface area contributed by atoms with Crippen LogP contribution in [-0.4, -0.2) is 17.0 Å². The Morgan fingerprint density at radius 2 is 1.91 bits per heavy atom. The van der Waals surface area contributed by atoms with E-state index in [0.29, 0.717) is 12.1 Å². The van der Waals surface area contributed by atoms with Gasteiger partial charge in [0.25, 0.3) is 5.91 Å². The number of fused-ring (bicyclic) bond motifs is 1. The number of nitrogens with zero attached hydrogens (tertiary/aromatic N) is 1. The van der Waals surface area contributed by atoms with Crippen LogP contribution in [0.1, 0.15) is 34.3 Å². The molecule has 1 atom stereocenters. The lowest BCUT2D eigenvalue weighted by molar-refractivity contribution is -0.138. The number of carbonyl (C=O) groups excluding carboxylic acids is 1. The first-order valence-electron chi connectivity index (χ1n) is 6.90. The molecule has 1 aliphatic rings. The van der Waals surface area contributed by atoms with Crippen molar-refractivity contribution < 1.29 is 14.7 Å². The molecule has 0 fully saturated rings. The van der Waals surface area contributed by atoms with Crippen molar-refractivity contribution in [2.24, 2.45) is 0 Å². The van der Waals surface area contributed by atoms with Crippen molar-refractivity contribution in [3.05, 3.63) is 63.6 Å². The number of carbonyl (C=O) groups is 2. The van der Waals surface area contributed by atoms with E-state index in [9.17, 15) is 9.59 Å². The van der Waals surface area contributed by atoms with Crippen LogP contribution in [0, 0.1) is 0 Å². The maximum Gasteiger partial charge on any atom is 0.310 e. The number of anilines is 1. The number of amides is 1. The number of carboxylic acid groups (broad SMARTS) is 1. The second-order valence-electron chi connectivity index (χ2n) is 5.34. The predicted molar refractivity (Wildman–Crippen MR) is 87.1 cm³/mol. The summed E-state index contributed by atoms with van der Waals surface area (Å²) in [5, 5.41) is 9.03. The van der Waals surface area contributed by atoms with Gasteiger partial charge in [-0.1, -0.05) is 34.1 Å². The van der Waals surface area contributed by atoms with Gasteiger partial charge in [0, 0.05) is 15.7 Å². The largest absolute Gasteiger partial charge is 0.481 e. The van der Waals surface area contributed by atoms with E-state index < -0.39 is 11.9 Å². The van der Waals surface area contributed by atoms with E-state index in [-0.39, 0.29) is 5.91 Å². The van der Waals surface area contributed by atoms with E-state index in [1.807, 2.05) is 18.2 Å². The third-order valence-corrected chi connectivity index (χ3v) is 4.44. The Morgan fingerprint density at radius 3 is 2.55 bits per heavy atom. The molecule has 0 radical (unpaired) electrons. The van der Waals surface area contributed by atoms with Gasteiger partial charge in [0.15, 0.2) is 0 Å². The zero-order valence-electron chi connectivity index (χ0n) is 11.9. The zero-order valence-corrected chi connectivity index (χ0v) is 13.5. The fraction of sp³-hybridized carbons (Fsp3) is 0.176. The Bertz CT molecular complexity index is 755. The second-order valence-corrected chi connectivity index (χ2v) is 6.26. The number of hydrogen-bond acceptors (Lipinski definition) is 2. The van der Waals surface area contributed by atoms with E-state index in [0.717, 1.165) is 21.3 Å². The van der Waals surface area contributed by atoms with Gasteiger partial charge in [0.05, 0.1) is 12.5 Å². The number of benzene rings is 2. The molecule has 2 aromatic carbocycles. The summed E-state index contributed by atoms with van der Waals surface area (Å²) >= 11 is 3.38. The lowest BCUT2D eigenvalue weighted by Gasteiger charge is -2.16. The highest BCUT2D eigenvalue weighted by Crippen LogP contribution is 2.31. The van der Waals surface area contributed by atoms with Crippen LogP contribution in [0.2, 0.25) is 0 Å². The van der Waals surface area contributed by atoms with Crippen molar-refractivity contribution in [2.45, 2.75) is 19.4 Å². The van der Waals surface area contributed by atoms with Crippen molar-refractivity contribution in [1.29, 1.82) is 0 Å². The van der Waals surface area contributed by atoms with Crippen molar-refractivity contribution >= 4 is 33.5 Å². The smallest absolute Gasteiger partial charge is 0.310 e. The number of rotatable bonds is 3. The van der Waals surface area contributed by atoms with Crippen LogP contribution in [0.4, 0.5) is 5.69 Å². The molecule has 3 rings (SSSR count). The van der Waals surface area contributed by atoms with Gasteiger partial charge in [0.2, 0.25) is 0 Å². The molecule has 0 saturated heterocycles. The molecule has 4 nitrogen and oxygen atoms in total. The molecule has 112 valence electrons. The number of carboxylic acids is 1. The molecule has 0 aromatic heterocycles. The quantitative estimate of drug-likeness (QED) is 0.906. The van der Waals surface area contributed by atoms with Gasteiger partial charge in [-0.05, 0) is 42.3 Å². The third-order valence-electron chi connectivity index (χ3n) is 3.95. The Morgan fingerprint density at radius 1 is 1.23 bits per heavy atom. The fourth-order valence-electron chi connectivity index (χ4n) is 2.57. The summed E-state index contributed by atoms with van der Waals surface area (Å²) in [5.41, 5.74) is 3.20. The van der Waals surface area contributed by atoms with Crippen LogP contribution in [0.25, 0.3) is 0 Å². The zero-order chi connectivity index (χ0) is 15.9. The highest BCUT2D eigenvalue weighted by atomic mass is 79.9. The highest BCUT2D eigenvalue weighted by molar-refractivity contribution is 9.10. The molecule has 1 aliphatic heterocycles. The number of halogens is 1. The van der Waals surface area contributed by atoms with Crippen LogP contribution in [0.3, 0.4) is 0 Å². The van der Waals surface area contributed by atoms with Gasteiger partial charge in [-0.25, -0.2) is 0 Å². The molecular formula is C17H14BrNO3. The summed E-state index contributed by atoms with van der Waals surface area (Å²) in [6.45, 7) is 2.18. The molecule has 1 heterocycles. The SMILES string of the molecule is CC(C(=O)O)c1ccc(N2Cc3ccc(Br)cc3C2=O)cc1. The van der Waals surface area contributed by atoms with Crippen molar-refractivity contribution in [3.63, 3.8) is 0 Å². The summed E-state index contributed by atoms with van der Waals surface area (Å²) in [6, 6.07) is 12.8. The fourth-order valence-corrected chi connectivity index (χ4v) is 2.93. The van der Waals surface area contributed by atoms with Crippen LogP contribution in [0.15, 0.2) is 46.9 Å². The van der Waals surface area contributed by atoms with E-state index in [2.05, 4.69) is 15.9 Å². The average Bonchev–Trinajstić information content (AvgIpc) is 2.83. The molecule has 22 heavy (non-hydrogen) atoms. The summed E-state index contributed by atoms with van der Waals surface area (Å²) in [7, 11) is 0. The maximum atomic E-state index is 12.5. The second kappa shape index (κ2) is 5.57. The van der Waals surface area contributed by atoms with Crippen LogP contribution in [0.5, 0.6) is 0 Å². The van der Waals surface area contributed by atoms with E-state index >= 15 is 0 Å². The van der Waals surface area contributed by atoms with Crippen LogP contribution in [-0.2, 0) is 11.3 Å². The van der Waals surface area contributed by atoms with E-state index in [1.54, 1.807) is 36.1 Å². The van der Waals surface area contributed by atoms with Crippen molar-refractivity contribution in [1.82, 2.24) is 0 Å². The normalized spacial score (nSPS) is 14.8. The minimum Gasteiger partial charge on any atom is -0.481 e. The Labute approximate surface area is 136 Å². The summed E-state index contributed by atoms with van der Waals surface area (Å²) in [6.07, 6.45) is 0. The number of aliphatic carboxylic acids is 1. The molecule has 5 heteroatoms. The topological polar surface area (TPSA) is 57.6 Å². The van der Waals surface area contributed by atoms with Gasteiger partial charge in [-0.15, -0.1) is 0 Å². The first-order valence-corrected chi connectivity index (χ1v) is 7.69. The summed E-state index contributed by atoms with van der Waals surface area (Å²) in [4.78, 5) is 25.2. The molecule has 2 aromatic rings. The summed E-state index contributed by atoms with van der Waals surface area (Å²) in [5.74, 6) is -1.45. The van der Waals surface area contributed by atoms with Gasteiger partial charge < -0.3 is 10.0 Å². The van der Waals surface area contributed by atoms with Gasteiger partial charge >= 0.3 is 5.97 Å².